The highest BCUT2D eigenvalue weighted by molar-refractivity contribution is 6.17. The standard InChI is InChI=1S/C20H28ClNO6/c1-19(2,3)22(18(25)26-12-15-9-7-6-8-10-15)11-16(23)27-13-20(4,5)17(24)28-14-21/h6-10H,11-14H2,1-5H3. The molecule has 1 aromatic rings. The molecule has 0 saturated carbocycles. The summed E-state index contributed by atoms with van der Waals surface area (Å²) in [5.74, 6) is -1.23. The van der Waals surface area contributed by atoms with Crippen LogP contribution in [0.4, 0.5) is 4.79 Å². The quantitative estimate of drug-likeness (QED) is 0.367. The molecule has 0 atom stereocenters. The third kappa shape index (κ3) is 7.76. The zero-order chi connectivity index (χ0) is 21.4. The molecule has 0 unspecified atom stereocenters. The van der Waals surface area contributed by atoms with E-state index < -0.39 is 29.0 Å². The minimum atomic E-state index is -1.05. The Morgan fingerprint density at radius 1 is 0.964 bits per heavy atom. The predicted octanol–water partition coefficient (Wildman–Crippen LogP) is 3.73. The maximum Gasteiger partial charge on any atom is 0.411 e. The lowest BCUT2D eigenvalue weighted by Gasteiger charge is -2.34. The van der Waals surface area contributed by atoms with Gasteiger partial charge in [0.15, 0.2) is 6.07 Å². The molecule has 0 aromatic heterocycles. The zero-order valence-corrected chi connectivity index (χ0v) is 17.7. The van der Waals surface area contributed by atoms with Gasteiger partial charge in [-0.2, -0.15) is 0 Å². The lowest BCUT2D eigenvalue weighted by atomic mass is 9.95. The van der Waals surface area contributed by atoms with Gasteiger partial charge < -0.3 is 14.2 Å². The van der Waals surface area contributed by atoms with Gasteiger partial charge in [-0.25, -0.2) is 4.79 Å². The summed E-state index contributed by atoms with van der Waals surface area (Å²) in [5, 5.41) is 0. The molecule has 1 amide bonds. The molecule has 0 spiro atoms. The summed E-state index contributed by atoms with van der Waals surface area (Å²) in [5.41, 5.74) is -0.878. The summed E-state index contributed by atoms with van der Waals surface area (Å²) in [6.07, 6.45) is -0.630. The maximum atomic E-state index is 12.5. The molecular weight excluding hydrogens is 386 g/mol. The predicted molar refractivity (Wildman–Crippen MR) is 105 cm³/mol. The lowest BCUT2D eigenvalue weighted by Crippen LogP contribution is -2.49. The van der Waals surface area contributed by atoms with Gasteiger partial charge in [-0.1, -0.05) is 41.9 Å². The van der Waals surface area contributed by atoms with E-state index in [9.17, 15) is 14.4 Å². The van der Waals surface area contributed by atoms with Gasteiger partial charge in [-0.3, -0.25) is 14.5 Å². The van der Waals surface area contributed by atoms with Crippen molar-refractivity contribution in [1.29, 1.82) is 0 Å². The van der Waals surface area contributed by atoms with Gasteiger partial charge in [0.25, 0.3) is 0 Å². The molecule has 28 heavy (non-hydrogen) atoms. The maximum absolute atomic E-state index is 12.5. The largest absolute Gasteiger partial charge is 0.463 e. The van der Waals surface area contributed by atoms with Crippen LogP contribution in [0.3, 0.4) is 0 Å². The summed E-state index contributed by atoms with van der Waals surface area (Å²) >= 11 is 5.38. The fourth-order valence-electron chi connectivity index (χ4n) is 2.11. The third-order valence-corrected chi connectivity index (χ3v) is 3.96. The Labute approximate surface area is 170 Å². The highest BCUT2D eigenvalue weighted by atomic mass is 35.5. The van der Waals surface area contributed by atoms with Gasteiger partial charge in [0, 0.05) is 5.54 Å². The molecule has 156 valence electrons. The van der Waals surface area contributed by atoms with Crippen molar-refractivity contribution in [1.82, 2.24) is 4.90 Å². The van der Waals surface area contributed by atoms with Crippen molar-refractivity contribution in [3.63, 3.8) is 0 Å². The average Bonchev–Trinajstić information content (AvgIpc) is 2.62. The first-order valence-corrected chi connectivity index (χ1v) is 9.38. The smallest absolute Gasteiger partial charge is 0.411 e. The van der Waals surface area contributed by atoms with Crippen molar-refractivity contribution < 1.29 is 28.6 Å². The van der Waals surface area contributed by atoms with E-state index in [-0.39, 0.29) is 25.8 Å². The molecular formula is C20H28ClNO6. The number of benzene rings is 1. The van der Waals surface area contributed by atoms with E-state index in [0.717, 1.165) is 5.56 Å². The molecule has 7 nitrogen and oxygen atoms in total. The molecule has 0 bridgehead atoms. The molecule has 1 rings (SSSR count). The van der Waals surface area contributed by atoms with E-state index in [0.29, 0.717) is 0 Å². The minimum Gasteiger partial charge on any atom is -0.463 e. The summed E-state index contributed by atoms with van der Waals surface area (Å²) < 4.78 is 15.2. The summed E-state index contributed by atoms with van der Waals surface area (Å²) in [6, 6.07) is 8.96. The number of carbonyl (C=O) groups excluding carboxylic acids is 3. The minimum absolute atomic E-state index is 0.0958. The van der Waals surface area contributed by atoms with E-state index in [1.54, 1.807) is 34.6 Å². The Bertz CT molecular complexity index is 669. The molecule has 1 aromatic carbocycles. The fourth-order valence-corrected chi connectivity index (χ4v) is 2.21. The van der Waals surface area contributed by atoms with Crippen LogP contribution in [-0.4, -0.2) is 47.7 Å². The second-order valence-electron chi connectivity index (χ2n) is 7.88. The molecule has 0 aliphatic carbocycles. The fraction of sp³-hybridized carbons (Fsp3) is 0.550. The number of hydrogen-bond donors (Lipinski definition) is 0. The van der Waals surface area contributed by atoms with Crippen LogP contribution < -0.4 is 0 Å². The normalized spacial score (nSPS) is 11.5. The molecule has 0 N–H and O–H groups in total. The van der Waals surface area contributed by atoms with Gasteiger partial charge in [-0.05, 0) is 40.2 Å². The van der Waals surface area contributed by atoms with Crippen LogP contribution in [0.2, 0.25) is 0 Å². The Morgan fingerprint density at radius 3 is 2.11 bits per heavy atom. The van der Waals surface area contributed by atoms with E-state index >= 15 is 0 Å². The first-order valence-electron chi connectivity index (χ1n) is 8.84. The molecule has 0 aliphatic heterocycles. The van der Waals surface area contributed by atoms with Crippen molar-refractivity contribution in [2.75, 3.05) is 19.2 Å². The first-order chi connectivity index (χ1) is 13.0. The topological polar surface area (TPSA) is 82.1 Å². The number of rotatable bonds is 8. The van der Waals surface area contributed by atoms with Crippen molar-refractivity contribution in [2.45, 2.75) is 46.8 Å². The van der Waals surface area contributed by atoms with Crippen LogP contribution >= 0.6 is 11.6 Å². The van der Waals surface area contributed by atoms with Crippen LogP contribution in [-0.2, 0) is 30.4 Å². The van der Waals surface area contributed by atoms with E-state index in [1.807, 2.05) is 30.3 Å². The summed E-state index contributed by atoms with van der Waals surface area (Å²) in [7, 11) is 0. The highest BCUT2D eigenvalue weighted by Crippen LogP contribution is 2.19. The van der Waals surface area contributed by atoms with Crippen LogP contribution in [0.25, 0.3) is 0 Å². The Morgan fingerprint density at radius 2 is 1.57 bits per heavy atom. The Balaban J connectivity index is 2.66. The molecule has 0 fully saturated rings. The zero-order valence-electron chi connectivity index (χ0n) is 17.0. The molecule has 8 heteroatoms. The first kappa shape index (κ1) is 23.8. The van der Waals surface area contributed by atoms with Crippen LogP contribution in [0, 0.1) is 5.41 Å². The molecule has 0 radical (unpaired) electrons. The van der Waals surface area contributed by atoms with Gasteiger partial charge in [0.1, 0.15) is 19.8 Å². The van der Waals surface area contributed by atoms with Crippen LogP contribution in [0.1, 0.15) is 40.2 Å². The number of ether oxygens (including phenoxy) is 3. The Kier molecular flexibility index (Phi) is 8.75. The summed E-state index contributed by atoms with van der Waals surface area (Å²) in [6.45, 7) is 8.09. The molecule has 0 heterocycles. The number of halogens is 1. The SMILES string of the molecule is CC(C)(COC(=O)CN(C(=O)OCc1ccccc1)C(C)(C)C)C(=O)OCCl. The number of esters is 2. The average molecular weight is 414 g/mol. The lowest BCUT2D eigenvalue weighted by molar-refractivity contribution is -0.160. The number of alkyl halides is 1. The van der Waals surface area contributed by atoms with E-state index in [2.05, 4.69) is 0 Å². The van der Waals surface area contributed by atoms with Gasteiger partial charge in [0.2, 0.25) is 0 Å². The van der Waals surface area contributed by atoms with Crippen molar-refractivity contribution in [3.05, 3.63) is 35.9 Å². The van der Waals surface area contributed by atoms with Gasteiger partial charge in [0.05, 0.1) is 5.41 Å². The molecule has 0 saturated heterocycles. The van der Waals surface area contributed by atoms with Crippen molar-refractivity contribution in [2.24, 2.45) is 5.41 Å². The molecule has 0 aliphatic rings. The number of hydrogen-bond acceptors (Lipinski definition) is 6. The monoisotopic (exact) mass is 413 g/mol. The highest BCUT2D eigenvalue weighted by Gasteiger charge is 2.34. The van der Waals surface area contributed by atoms with E-state index in [1.165, 1.54) is 4.90 Å². The van der Waals surface area contributed by atoms with Crippen molar-refractivity contribution in [3.8, 4) is 0 Å². The summed E-state index contributed by atoms with van der Waals surface area (Å²) in [4.78, 5) is 37.8. The van der Waals surface area contributed by atoms with Crippen molar-refractivity contribution >= 4 is 29.6 Å². The number of amides is 1. The van der Waals surface area contributed by atoms with Crippen LogP contribution in [0.5, 0.6) is 0 Å². The van der Waals surface area contributed by atoms with Gasteiger partial charge >= 0.3 is 18.0 Å². The van der Waals surface area contributed by atoms with E-state index in [4.69, 9.17) is 25.8 Å². The van der Waals surface area contributed by atoms with Crippen LogP contribution in [0.15, 0.2) is 30.3 Å². The second-order valence-corrected chi connectivity index (χ2v) is 8.10. The Hall–Kier alpha value is -2.28. The third-order valence-electron chi connectivity index (χ3n) is 3.85. The number of carbonyl (C=O) groups is 3. The number of nitrogens with zero attached hydrogens (tertiary/aromatic N) is 1. The second kappa shape index (κ2) is 10.3. The van der Waals surface area contributed by atoms with Gasteiger partial charge in [-0.15, -0.1) is 0 Å².